The van der Waals surface area contributed by atoms with Gasteiger partial charge in [-0.15, -0.1) is 0 Å². The largest absolute Gasteiger partial charge is 0.326 e. The molecule has 3 aromatic rings. The summed E-state index contributed by atoms with van der Waals surface area (Å²) >= 11 is 5.83. The Morgan fingerprint density at radius 2 is 1.59 bits per heavy atom. The summed E-state index contributed by atoms with van der Waals surface area (Å²) in [6, 6.07) is 18.0. The van der Waals surface area contributed by atoms with Crippen LogP contribution in [0, 0.1) is 0 Å². The normalized spacial score (nSPS) is 14.6. The number of anilines is 1. The zero-order chi connectivity index (χ0) is 24.5. The van der Waals surface area contributed by atoms with E-state index in [1.165, 1.54) is 42.5 Å². The number of rotatable bonds is 7. The van der Waals surface area contributed by atoms with Gasteiger partial charge in [0.15, 0.2) is 9.84 Å². The van der Waals surface area contributed by atoms with Gasteiger partial charge in [0.2, 0.25) is 5.91 Å². The van der Waals surface area contributed by atoms with Crippen LogP contribution in [-0.2, 0) is 30.4 Å². The Hall–Kier alpha value is -3.21. The number of carbonyl (C=O) groups is 2. The summed E-state index contributed by atoms with van der Waals surface area (Å²) in [6.07, 6.45) is -0.254. The van der Waals surface area contributed by atoms with E-state index >= 15 is 0 Å². The van der Waals surface area contributed by atoms with Crippen molar-refractivity contribution in [3.05, 3.63) is 88.9 Å². The molecule has 0 bridgehead atoms. The van der Waals surface area contributed by atoms with E-state index < -0.39 is 31.7 Å². The second-order valence-electron chi connectivity index (χ2n) is 7.59. The van der Waals surface area contributed by atoms with Gasteiger partial charge in [0.25, 0.3) is 15.9 Å². The average Bonchev–Trinajstić information content (AvgIpc) is 2.99. The van der Waals surface area contributed by atoms with Gasteiger partial charge in [-0.05, 0) is 54.1 Å². The molecule has 0 aliphatic carbocycles. The Kier molecular flexibility index (Phi) is 6.48. The van der Waals surface area contributed by atoms with Gasteiger partial charge in [-0.25, -0.2) is 21.1 Å². The molecule has 0 unspecified atom stereocenters. The third-order valence-electron chi connectivity index (χ3n) is 5.22. The fourth-order valence-corrected chi connectivity index (χ4v) is 6.55. The summed E-state index contributed by atoms with van der Waals surface area (Å²) in [4.78, 5) is 24.8. The predicted octanol–water partition coefficient (Wildman–Crippen LogP) is 3.49. The number of hydrogen-bond acceptors (Lipinski definition) is 6. The van der Waals surface area contributed by atoms with Crippen LogP contribution >= 0.6 is 11.6 Å². The molecule has 4 rings (SSSR count). The van der Waals surface area contributed by atoms with Crippen molar-refractivity contribution in [2.45, 2.75) is 22.0 Å². The smallest absolute Gasteiger partial charge is 0.269 e. The lowest BCUT2D eigenvalue weighted by atomic mass is 10.2. The van der Waals surface area contributed by atoms with Crippen molar-refractivity contribution in [2.75, 3.05) is 11.9 Å². The highest BCUT2D eigenvalue weighted by Gasteiger charge is 2.40. The molecule has 0 saturated carbocycles. The maximum Gasteiger partial charge on any atom is 0.269 e. The highest BCUT2D eigenvalue weighted by atomic mass is 35.5. The van der Waals surface area contributed by atoms with Crippen LogP contribution in [0.4, 0.5) is 5.69 Å². The first kappa shape index (κ1) is 23.9. The molecule has 0 radical (unpaired) electrons. The van der Waals surface area contributed by atoms with Crippen molar-refractivity contribution in [3.63, 3.8) is 0 Å². The third-order valence-corrected chi connectivity index (χ3v) is 9.02. The highest BCUT2D eigenvalue weighted by Crippen LogP contribution is 2.30. The van der Waals surface area contributed by atoms with Crippen molar-refractivity contribution >= 4 is 49.0 Å². The monoisotopic (exact) mass is 518 g/mol. The zero-order valence-corrected chi connectivity index (χ0v) is 20.0. The first-order chi connectivity index (χ1) is 16.1. The van der Waals surface area contributed by atoms with Gasteiger partial charge >= 0.3 is 0 Å². The van der Waals surface area contributed by atoms with Crippen LogP contribution in [0.25, 0.3) is 0 Å². The zero-order valence-electron chi connectivity index (χ0n) is 17.6. The van der Waals surface area contributed by atoms with Crippen LogP contribution in [0.3, 0.4) is 0 Å². The molecular formula is C23H19ClN2O6S2. The number of nitrogens with one attached hydrogen (secondary N) is 1. The third kappa shape index (κ3) is 4.84. The molecule has 3 aromatic carbocycles. The van der Waals surface area contributed by atoms with Gasteiger partial charge in [-0.1, -0.05) is 35.9 Å². The van der Waals surface area contributed by atoms with Crippen LogP contribution in [0.15, 0.2) is 82.6 Å². The Morgan fingerprint density at radius 3 is 2.24 bits per heavy atom. The molecule has 0 saturated heterocycles. The molecular weight excluding hydrogens is 500 g/mol. The molecule has 0 spiro atoms. The van der Waals surface area contributed by atoms with Crippen molar-refractivity contribution < 1.29 is 26.4 Å². The predicted molar refractivity (Wildman–Crippen MR) is 127 cm³/mol. The number of halogens is 1. The molecule has 8 nitrogen and oxygen atoms in total. The van der Waals surface area contributed by atoms with Crippen LogP contribution in [0.5, 0.6) is 0 Å². The number of sulfone groups is 1. The molecule has 1 heterocycles. The van der Waals surface area contributed by atoms with E-state index in [0.29, 0.717) is 20.6 Å². The molecule has 11 heteroatoms. The van der Waals surface area contributed by atoms with E-state index in [0.717, 1.165) is 0 Å². The second-order valence-corrected chi connectivity index (χ2v) is 11.8. The van der Waals surface area contributed by atoms with Gasteiger partial charge in [-0.3, -0.25) is 9.59 Å². The quantitative estimate of drug-likeness (QED) is 0.511. The molecule has 1 aliphatic heterocycles. The summed E-state index contributed by atoms with van der Waals surface area (Å²) in [5, 5.41) is 3.09. The van der Waals surface area contributed by atoms with Gasteiger partial charge in [-0.2, -0.15) is 0 Å². The number of fused-ring (bicyclic) bond motifs is 1. The number of amides is 2. The van der Waals surface area contributed by atoms with E-state index in [9.17, 15) is 26.4 Å². The number of sulfonamides is 1. The number of nitrogens with zero attached hydrogens (tertiary/aromatic N) is 1. The van der Waals surface area contributed by atoms with E-state index in [1.54, 1.807) is 30.3 Å². The minimum Gasteiger partial charge on any atom is -0.326 e. The molecule has 0 aromatic heterocycles. The van der Waals surface area contributed by atoms with E-state index in [1.807, 2.05) is 0 Å². The van der Waals surface area contributed by atoms with Crippen molar-refractivity contribution in [3.8, 4) is 0 Å². The SMILES string of the molecule is O=C(CCN1C(=O)c2ccccc2S1(=O)=O)Nc1ccc(S(=O)(=O)Cc2ccc(Cl)cc2)cc1. The van der Waals surface area contributed by atoms with Crippen molar-refractivity contribution in [2.24, 2.45) is 0 Å². The Bertz CT molecular complexity index is 1470. The van der Waals surface area contributed by atoms with Gasteiger partial charge in [0.05, 0.1) is 16.2 Å². The van der Waals surface area contributed by atoms with E-state index in [4.69, 9.17) is 11.6 Å². The van der Waals surface area contributed by atoms with Crippen molar-refractivity contribution in [1.82, 2.24) is 4.31 Å². The highest BCUT2D eigenvalue weighted by molar-refractivity contribution is 7.90. The topological polar surface area (TPSA) is 118 Å². The fraction of sp³-hybridized carbons (Fsp3) is 0.130. The minimum absolute atomic E-state index is 0.0733. The fourth-order valence-electron chi connectivity index (χ4n) is 3.51. The molecule has 1 N–H and O–H groups in total. The lowest BCUT2D eigenvalue weighted by Crippen LogP contribution is -2.33. The van der Waals surface area contributed by atoms with Crippen LogP contribution in [-0.4, -0.2) is 39.5 Å². The Morgan fingerprint density at radius 1 is 0.941 bits per heavy atom. The first-order valence-electron chi connectivity index (χ1n) is 10.1. The number of hydrogen-bond donors (Lipinski definition) is 1. The summed E-state index contributed by atoms with van der Waals surface area (Å²) < 4.78 is 51.1. The Balaban J connectivity index is 1.37. The van der Waals surface area contributed by atoms with Crippen molar-refractivity contribution in [1.29, 1.82) is 0 Å². The lowest BCUT2D eigenvalue weighted by Gasteiger charge is -2.15. The molecule has 2 amide bonds. The molecule has 1 aliphatic rings. The maximum atomic E-state index is 12.6. The summed E-state index contributed by atoms with van der Waals surface area (Å²) in [5.74, 6) is -1.38. The van der Waals surface area contributed by atoms with Crippen LogP contribution < -0.4 is 5.32 Å². The minimum atomic E-state index is -3.98. The molecule has 0 fully saturated rings. The number of carbonyl (C=O) groups excluding carboxylic acids is 2. The summed E-state index contributed by atoms with van der Waals surface area (Å²) in [6.45, 7) is -0.310. The molecule has 34 heavy (non-hydrogen) atoms. The molecule has 176 valence electrons. The first-order valence-corrected chi connectivity index (χ1v) is 13.6. The lowest BCUT2D eigenvalue weighted by molar-refractivity contribution is -0.116. The van der Waals surface area contributed by atoms with E-state index in [2.05, 4.69) is 5.32 Å². The van der Waals surface area contributed by atoms with Gasteiger partial charge < -0.3 is 5.32 Å². The number of benzene rings is 3. The standard InChI is InChI=1S/C23H19ClN2O6S2/c24-17-7-5-16(6-8-17)15-33(29,30)19-11-9-18(10-12-19)25-22(27)13-14-26-23(28)20-3-1-2-4-21(20)34(26,31)32/h1-12H,13-15H2,(H,25,27). The van der Waals surface area contributed by atoms with Gasteiger partial charge in [0, 0.05) is 23.7 Å². The Labute approximate surface area is 202 Å². The summed E-state index contributed by atoms with van der Waals surface area (Å²) in [7, 11) is -7.59. The maximum absolute atomic E-state index is 12.6. The van der Waals surface area contributed by atoms with Gasteiger partial charge in [0.1, 0.15) is 4.90 Å². The average molecular weight is 519 g/mol. The van der Waals surface area contributed by atoms with Crippen LogP contribution in [0.1, 0.15) is 22.3 Å². The van der Waals surface area contributed by atoms with Crippen LogP contribution in [0.2, 0.25) is 5.02 Å². The second kappa shape index (κ2) is 9.21. The summed E-state index contributed by atoms with van der Waals surface area (Å²) in [5.41, 5.74) is 1.02. The van der Waals surface area contributed by atoms with E-state index in [-0.39, 0.29) is 34.1 Å². The molecule has 0 atom stereocenters.